The molecule has 2 aliphatic heterocycles. The SMILES string of the molecule is C=CNC1CN(CCOC)O[C@H]1c1ccnc(F)c1.CNc1c(C)c(-c2cnc3c(c2)c(C(=O)NC2CCN(C)CC2)nn3C)nn1-c1ccccc1. The number of fused-ring (bicyclic) bond motifs is 1. The van der Waals surface area contributed by atoms with Gasteiger partial charge >= 0.3 is 0 Å². The Kier molecular flexibility index (Phi) is 12.1. The monoisotopic (exact) mass is 725 g/mol. The van der Waals surface area contributed by atoms with Crippen LogP contribution >= 0.6 is 0 Å². The first-order valence-corrected chi connectivity index (χ1v) is 17.7. The van der Waals surface area contributed by atoms with Gasteiger partial charge in [0.15, 0.2) is 11.3 Å². The van der Waals surface area contributed by atoms with Gasteiger partial charge in [0.1, 0.15) is 11.9 Å². The van der Waals surface area contributed by atoms with E-state index in [-0.39, 0.29) is 24.1 Å². The van der Waals surface area contributed by atoms with Crippen LogP contribution in [0.3, 0.4) is 0 Å². The molecule has 0 spiro atoms. The average molecular weight is 726 g/mol. The molecular weight excluding hydrogens is 677 g/mol. The van der Waals surface area contributed by atoms with E-state index in [9.17, 15) is 9.18 Å². The Bertz CT molecular complexity index is 2010. The lowest BCUT2D eigenvalue weighted by Crippen LogP contribution is -2.43. The Morgan fingerprint density at radius 3 is 2.58 bits per heavy atom. The van der Waals surface area contributed by atoms with E-state index in [1.165, 1.54) is 12.3 Å². The molecule has 2 fully saturated rings. The van der Waals surface area contributed by atoms with Crippen molar-refractivity contribution in [3.8, 4) is 16.9 Å². The number of aromatic nitrogens is 6. The third-order valence-corrected chi connectivity index (χ3v) is 9.56. The van der Waals surface area contributed by atoms with Crippen LogP contribution in [-0.4, -0.2) is 111 Å². The minimum atomic E-state index is -0.506. The number of benzene rings is 1. The van der Waals surface area contributed by atoms with Crippen LogP contribution in [0.25, 0.3) is 28.0 Å². The molecule has 280 valence electrons. The summed E-state index contributed by atoms with van der Waals surface area (Å²) in [5, 5.41) is 21.5. The van der Waals surface area contributed by atoms with Gasteiger partial charge in [0.25, 0.3) is 5.91 Å². The number of carbonyl (C=O) groups excluding carboxylic acids is 1. The largest absolute Gasteiger partial charge is 0.384 e. The van der Waals surface area contributed by atoms with Crippen molar-refractivity contribution in [2.24, 2.45) is 7.05 Å². The molecule has 4 aromatic heterocycles. The molecule has 6 heterocycles. The van der Waals surface area contributed by atoms with E-state index in [4.69, 9.17) is 14.7 Å². The number of anilines is 1. The number of carbonyl (C=O) groups is 1. The molecule has 14 nitrogen and oxygen atoms in total. The highest BCUT2D eigenvalue weighted by Gasteiger charge is 2.35. The standard InChI is InChI=1S/C25H30N8O.C13H18FN3O2/c1-16-21(30-33(23(16)26-2)19-8-6-5-7-9-19)17-14-20-22(29-32(4)24(20)27-15-17)25(34)28-18-10-12-31(3)13-11-18;1-3-15-11-9-17(6-7-18-2)19-13(11)10-4-5-16-12(14)8-10/h5-9,14-15,18,26H,10-13H2,1-4H3,(H,28,34);3-5,8,11,13,15H,1,6-7,9H2,2H3/t;11?,13-/m.0/s1. The fourth-order valence-electron chi connectivity index (χ4n) is 6.77. The molecule has 0 bridgehead atoms. The van der Waals surface area contributed by atoms with Gasteiger partial charge in [0.2, 0.25) is 5.95 Å². The van der Waals surface area contributed by atoms with Gasteiger partial charge in [0, 0.05) is 63.9 Å². The van der Waals surface area contributed by atoms with Gasteiger partial charge in [0.05, 0.1) is 29.4 Å². The fraction of sp³-hybridized carbons (Fsp3) is 0.395. The summed E-state index contributed by atoms with van der Waals surface area (Å²) in [5.41, 5.74) is 5.46. The summed E-state index contributed by atoms with van der Waals surface area (Å²) in [6, 6.07) is 15.3. The van der Waals surface area contributed by atoms with Crippen LogP contribution in [-0.2, 0) is 16.6 Å². The van der Waals surface area contributed by atoms with Crippen molar-refractivity contribution in [2.45, 2.75) is 38.0 Å². The first-order chi connectivity index (χ1) is 25.7. The third kappa shape index (κ3) is 8.54. The van der Waals surface area contributed by atoms with E-state index < -0.39 is 5.95 Å². The zero-order valence-electron chi connectivity index (χ0n) is 30.9. The van der Waals surface area contributed by atoms with Crippen LogP contribution in [0.2, 0.25) is 0 Å². The Hall–Kier alpha value is -5.22. The summed E-state index contributed by atoms with van der Waals surface area (Å²) in [4.78, 5) is 29.5. The molecule has 53 heavy (non-hydrogen) atoms. The number of nitrogens with one attached hydrogen (secondary N) is 3. The second-order valence-corrected chi connectivity index (χ2v) is 13.2. The van der Waals surface area contributed by atoms with Crippen LogP contribution in [0.4, 0.5) is 10.2 Å². The first-order valence-electron chi connectivity index (χ1n) is 17.7. The van der Waals surface area contributed by atoms with Crippen molar-refractivity contribution in [3.05, 3.63) is 96.5 Å². The van der Waals surface area contributed by atoms with E-state index >= 15 is 0 Å². The molecule has 2 atom stereocenters. The van der Waals surface area contributed by atoms with Crippen molar-refractivity contribution in [3.63, 3.8) is 0 Å². The molecule has 1 unspecified atom stereocenters. The van der Waals surface area contributed by atoms with Gasteiger partial charge < -0.3 is 25.6 Å². The number of para-hydroxylation sites is 1. The van der Waals surface area contributed by atoms with E-state index in [0.29, 0.717) is 31.0 Å². The minimum absolute atomic E-state index is 0.0242. The molecule has 3 N–H and O–H groups in total. The summed E-state index contributed by atoms with van der Waals surface area (Å²) in [6.07, 6.45) is 6.49. The number of nitrogens with zero attached hydrogens (tertiary/aromatic N) is 8. The summed E-state index contributed by atoms with van der Waals surface area (Å²) >= 11 is 0. The van der Waals surface area contributed by atoms with Gasteiger partial charge in [-0.05, 0) is 82.0 Å². The second-order valence-electron chi connectivity index (χ2n) is 13.2. The second kappa shape index (κ2) is 17.1. The number of hydrogen-bond donors (Lipinski definition) is 3. The number of halogens is 1. The van der Waals surface area contributed by atoms with Crippen LogP contribution in [0, 0.1) is 12.9 Å². The van der Waals surface area contributed by atoms with Gasteiger partial charge in [-0.15, -0.1) is 0 Å². The van der Waals surface area contributed by atoms with Gasteiger partial charge in [-0.1, -0.05) is 24.8 Å². The van der Waals surface area contributed by atoms with Crippen molar-refractivity contribution < 1.29 is 18.8 Å². The molecule has 0 radical (unpaired) electrons. The van der Waals surface area contributed by atoms with Crippen molar-refractivity contribution in [1.82, 2.24) is 50.1 Å². The molecule has 2 saturated heterocycles. The molecule has 0 aliphatic carbocycles. The zero-order chi connectivity index (χ0) is 37.5. The lowest BCUT2D eigenvalue weighted by Gasteiger charge is -2.29. The summed E-state index contributed by atoms with van der Waals surface area (Å²) in [5.74, 6) is 0.253. The Labute approximate surface area is 308 Å². The number of methoxy groups -OCH3 is 1. The van der Waals surface area contributed by atoms with Crippen LogP contribution in [0.15, 0.2) is 73.7 Å². The van der Waals surface area contributed by atoms with E-state index in [1.807, 2.05) is 67.2 Å². The molecule has 1 amide bonds. The number of piperidine rings is 1. The molecule has 2 aliphatic rings. The highest BCUT2D eigenvalue weighted by molar-refractivity contribution is 6.05. The zero-order valence-corrected chi connectivity index (χ0v) is 30.9. The Balaban J connectivity index is 0.000000214. The maximum atomic E-state index is 13.2. The number of pyridine rings is 2. The topological polar surface area (TPSA) is 140 Å². The lowest BCUT2D eigenvalue weighted by atomic mass is 10.0. The minimum Gasteiger partial charge on any atom is -0.384 e. The van der Waals surface area contributed by atoms with E-state index in [2.05, 4.69) is 49.5 Å². The average Bonchev–Trinajstić information content (AvgIpc) is 3.84. The normalized spacial score (nSPS) is 18.1. The van der Waals surface area contributed by atoms with Crippen LogP contribution < -0.4 is 16.0 Å². The number of likely N-dealkylation sites (tertiary alicyclic amines) is 1. The number of ether oxygens (including phenoxy) is 1. The number of hydrogen-bond acceptors (Lipinski definition) is 11. The summed E-state index contributed by atoms with van der Waals surface area (Å²) in [6.45, 7) is 9.59. The molecule has 0 saturated carbocycles. The highest BCUT2D eigenvalue weighted by atomic mass is 19.1. The Morgan fingerprint density at radius 1 is 1.11 bits per heavy atom. The molecule has 5 aromatic rings. The fourth-order valence-corrected chi connectivity index (χ4v) is 6.77. The van der Waals surface area contributed by atoms with Crippen LogP contribution in [0.5, 0.6) is 0 Å². The third-order valence-electron chi connectivity index (χ3n) is 9.56. The number of aryl methyl sites for hydroxylation is 1. The van der Waals surface area contributed by atoms with Crippen molar-refractivity contribution in [2.75, 3.05) is 59.3 Å². The Morgan fingerprint density at radius 2 is 1.89 bits per heavy atom. The predicted molar refractivity (Wildman–Crippen MR) is 202 cm³/mol. The summed E-state index contributed by atoms with van der Waals surface area (Å²) < 4.78 is 21.8. The van der Waals surface area contributed by atoms with Crippen LogP contribution in [0.1, 0.15) is 40.6 Å². The van der Waals surface area contributed by atoms with Crippen molar-refractivity contribution in [1.29, 1.82) is 0 Å². The number of hydroxylamine groups is 2. The van der Waals surface area contributed by atoms with Gasteiger partial charge in [-0.25, -0.2) is 19.3 Å². The summed E-state index contributed by atoms with van der Waals surface area (Å²) in [7, 11) is 7.46. The molecule has 15 heteroatoms. The van der Waals surface area contributed by atoms with Gasteiger partial charge in [-0.2, -0.15) is 19.7 Å². The smallest absolute Gasteiger partial charge is 0.272 e. The molecular formula is C38H48FN11O3. The maximum Gasteiger partial charge on any atom is 0.272 e. The van der Waals surface area contributed by atoms with E-state index in [1.54, 1.807) is 30.3 Å². The number of rotatable bonds is 11. The highest BCUT2D eigenvalue weighted by Crippen LogP contribution is 2.32. The van der Waals surface area contributed by atoms with Crippen molar-refractivity contribution >= 4 is 22.8 Å². The first kappa shape index (κ1) is 37.5. The number of amides is 1. The van der Waals surface area contributed by atoms with Gasteiger partial charge in [-0.3, -0.25) is 9.63 Å². The lowest BCUT2D eigenvalue weighted by molar-refractivity contribution is -0.154. The molecule has 1 aromatic carbocycles. The predicted octanol–water partition coefficient (Wildman–Crippen LogP) is 4.25. The maximum absolute atomic E-state index is 13.2. The molecule has 7 rings (SSSR count). The van der Waals surface area contributed by atoms with E-state index in [0.717, 1.165) is 65.2 Å². The quantitative estimate of drug-likeness (QED) is 0.169.